The molecule has 4 atom stereocenters. The van der Waals surface area contributed by atoms with Gasteiger partial charge in [-0.1, -0.05) is 13.3 Å². The van der Waals surface area contributed by atoms with Crippen LogP contribution in [0.4, 0.5) is 17.6 Å². The lowest BCUT2D eigenvalue weighted by Gasteiger charge is -2.26. The molecular weight excluding hydrogens is 212 g/mol. The largest absolute Gasteiger partial charge is 0.393 e. The summed E-state index contributed by atoms with van der Waals surface area (Å²) in [5, 5.41) is 9.46. The molecule has 1 rings (SSSR count). The quantitative estimate of drug-likeness (QED) is 0.540. The molecule has 4 unspecified atom stereocenters. The van der Waals surface area contributed by atoms with E-state index < -0.39 is 36.7 Å². The van der Waals surface area contributed by atoms with Gasteiger partial charge in [-0.05, 0) is 18.8 Å². The van der Waals surface area contributed by atoms with Crippen molar-refractivity contribution in [2.75, 3.05) is 0 Å². The van der Waals surface area contributed by atoms with Gasteiger partial charge in [0.25, 0.3) is 0 Å². The van der Waals surface area contributed by atoms with Crippen LogP contribution in [0.3, 0.4) is 0 Å². The summed E-state index contributed by atoms with van der Waals surface area (Å²) in [6.07, 6.45) is -6.93. The topological polar surface area (TPSA) is 20.2 Å². The number of halogens is 4. The SMILES string of the molecule is CC1CCCC(O)C(CC(F)(F)F)C1F. The third-order valence-corrected chi connectivity index (χ3v) is 3.07. The van der Waals surface area contributed by atoms with Crippen molar-refractivity contribution < 1.29 is 22.7 Å². The van der Waals surface area contributed by atoms with Crippen LogP contribution < -0.4 is 0 Å². The van der Waals surface area contributed by atoms with Crippen molar-refractivity contribution >= 4 is 0 Å². The maximum Gasteiger partial charge on any atom is 0.389 e. The van der Waals surface area contributed by atoms with E-state index in [1.165, 1.54) is 0 Å². The Morgan fingerprint density at radius 1 is 1.27 bits per heavy atom. The van der Waals surface area contributed by atoms with Crippen molar-refractivity contribution in [3.8, 4) is 0 Å². The van der Waals surface area contributed by atoms with Gasteiger partial charge in [0.15, 0.2) is 0 Å². The molecule has 1 fully saturated rings. The maximum absolute atomic E-state index is 13.6. The van der Waals surface area contributed by atoms with E-state index in [1.54, 1.807) is 6.92 Å². The number of aliphatic hydroxyl groups is 1. The zero-order valence-corrected chi connectivity index (χ0v) is 8.60. The van der Waals surface area contributed by atoms with Crippen molar-refractivity contribution in [1.29, 1.82) is 0 Å². The number of rotatable bonds is 1. The third-order valence-electron chi connectivity index (χ3n) is 3.07. The molecule has 1 nitrogen and oxygen atoms in total. The van der Waals surface area contributed by atoms with Crippen molar-refractivity contribution in [3.63, 3.8) is 0 Å². The van der Waals surface area contributed by atoms with Crippen LogP contribution in [0.5, 0.6) is 0 Å². The molecule has 0 bridgehead atoms. The standard InChI is InChI=1S/C10H16F4O/c1-6-3-2-4-8(15)7(9(6)11)5-10(12,13)14/h6-9,15H,2-5H2,1H3. The molecule has 1 N–H and O–H groups in total. The van der Waals surface area contributed by atoms with Gasteiger partial charge >= 0.3 is 6.18 Å². The summed E-state index contributed by atoms with van der Waals surface area (Å²) >= 11 is 0. The van der Waals surface area contributed by atoms with Crippen LogP contribution in [0, 0.1) is 11.8 Å². The number of alkyl halides is 4. The van der Waals surface area contributed by atoms with Crippen LogP contribution in [-0.4, -0.2) is 23.6 Å². The summed E-state index contributed by atoms with van der Waals surface area (Å²) in [5.41, 5.74) is 0. The molecule has 0 aromatic rings. The van der Waals surface area contributed by atoms with E-state index in [-0.39, 0.29) is 6.42 Å². The fraction of sp³-hybridized carbons (Fsp3) is 1.00. The maximum atomic E-state index is 13.6. The first-order valence-electron chi connectivity index (χ1n) is 5.20. The molecule has 0 spiro atoms. The Morgan fingerprint density at radius 2 is 1.87 bits per heavy atom. The van der Waals surface area contributed by atoms with Crippen LogP contribution in [0.15, 0.2) is 0 Å². The predicted octanol–water partition coefficient (Wildman–Crippen LogP) is 3.07. The Labute approximate surface area is 86.5 Å². The van der Waals surface area contributed by atoms with Crippen molar-refractivity contribution in [2.45, 2.75) is 51.1 Å². The summed E-state index contributed by atoms with van der Waals surface area (Å²) in [7, 11) is 0. The van der Waals surface area contributed by atoms with Crippen molar-refractivity contribution in [2.24, 2.45) is 11.8 Å². The zero-order valence-electron chi connectivity index (χ0n) is 8.60. The Kier molecular flexibility index (Phi) is 3.98. The van der Waals surface area contributed by atoms with Gasteiger partial charge in [-0.2, -0.15) is 13.2 Å². The van der Waals surface area contributed by atoms with Crippen LogP contribution in [0.25, 0.3) is 0 Å². The van der Waals surface area contributed by atoms with Crippen molar-refractivity contribution in [1.82, 2.24) is 0 Å². The first-order chi connectivity index (χ1) is 6.81. The molecule has 5 heteroatoms. The van der Waals surface area contributed by atoms with Gasteiger partial charge in [0.1, 0.15) is 6.17 Å². The normalized spacial score (nSPS) is 38.8. The summed E-state index contributed by atoms with van der Waals surface area (Å²) in [6.45, 7) is 1.60. The Hall–Kier alpha value is -0.320. The van der Waals surface area contributed by atoms with Gasteiger partial charge in [0.05, 0.1) is 12.5 Å². The Bertz CT molecular complexity index is 204. The van der Waals surface area contributed by atoms with Crippen LogP contribution in [0.2, 0.25) is 0 Å². The number of hydrogen-bond acceptors (Lipinski definition) is 1. The van der Waals surface area contributed by atoms with E-state index in [1.807, 2.05) is 0 Å². The Balaban J connectivity index is 2.71. The average molecular weight is 228 g/mol. The monoisotopic (exact) mass is 228 g/mol. The molecule has 0 amide bonds. The minimum absolute atomic E-state index is 0.269. The fourth-order valence-corrected chi connectivity index (χ4v) is 2.17. The van der Waals surface area contributed by atoms with E-state index in [4.69, 9.17) is 0 Å². The lowest BCUT2D eigenvalue weighted by atomic mass is 9.88. The van der Waals surface area contributed by atoms with Crippen LogP contribution in [0.1, 0.15) is 32.6 Å². The highest BCUT2D eigenvalue weighted by atomic mass is 19.4. The van der Waals surface area contributed by atoms with Gasteiger partial charge in [-0.25, -0.2) is 4.39 Å². The molecule has 0 aliphatic heterocycles. The van der Waals surface area contributed by atoms with Gasteiger partial charge < -0.3 is 5.11 Å². The first-order valence-corrected chi connectivity index (χ1v) is 5.20. The van der Waals surface area contributed by atoms with Crippen molar-refractivity contribution in [3.05, 3.63) is 0 Å². The average Bonchev–Trinajstić information content (AvgIpc) is 2.19. The Morgan fingerprint density at radius 3 is 2.40 bits per heavy atom. The molecule has 1 aliphatic rings. The zero-order chi connectivity index (χ0) is 11.6. The fourth-order valence-electron chi connectivity index (χ4n) is 2.17. The summed E-state index contributed by atoms with van der Waals surface area (Å²) in [6, 6.07) is 0. The smallest absolute Gasteiger partial charge is 0.389 e. The molecule has 1 saturated carbocycles. The second kappa shape index (κ2) is 4.68. The summed E-state index contributed by atoms with van der Waals surface area (Å²) < 4.78 is 50.1. The minimum atomic E-state index is -4.40. The molecule has 15 heavy (non-hydrogen) atoms. The second-order valence-electron chi connectivity index (χ2n) is 4.40. The van der Waals surface area contributed by atoms with Gasteiger partial charge in [0, 0.05) is 5.92 Å². The molecule has 0 aromatic carbocycles. The van der Waals surface area contributed by atoms with Crippen LogP contribution >= 0.6 is 0 Å². The van der Waals surface area contributed by atoms with E-state index in [2.05, 4.69) is 0 Å². The van der Waals surface area contributed by atoms with E-state index in [0.717, 1.165) is 0 Å². The summed E-state index contributed by atoms with van der Waals surface area (Å²) in [4.78, 5) is 0. The highest BCUT2D eigenvalue weighted by Crippen LogP contribution is 2.37. The molecule has 0 radical (unpaired) electrons. The highest BCUT2D eigenvalue weighted by Gasteiger charge is 2.42. The first kappa shape index (κ1) is 12.7. The molecular formula is C10H16F4O. The molecule has 0 aromatic heterocycles. The number of hydrogen-bond donors (Lipinski definition) is 1. The lowest BCUT2D eigenvalue weighted by molar-refractivity contribution is -0.160. The molecule has 90 valence electrons. The van der Waals surface area contributed by atoms with Gasteiger partial charge in [-0.3, -0.25) is 0 Å². The summed E-state index contributed by atoms with van der Waals surface area (Å²) in [5.74, 6) is -1.68. The molecule has 1 aliphatic carbocycles. The predicted molar refractivity (Wildman–Crippen MR) is 48.1 cm³/mol. The third kappa shape index (κ3) is 3.63. The van der Waals surface area contributed by atoms with E-state index in [0.29, 0.717) is 12.8 Å². The number of aliphatic hydroxyl groups excluding tert-OH is 1. The van der Waals surface area contributed by atoms with Crippen LogP contribution in [-0.2, 0) is 0 Å². The highest BCUT2D eigenvalue weighted by molar-refractivity contribution is 4.85. The van der Waals surface area contributed by atoms with E-state index >= 15 is 0 Å². The van der Waals surface area contributed by atoms with Gasteiger partial charge in [0.2, 0.25) is 0 Å². The minimum Gasteiger partial charge on any atom is -0.393 e. The lowest BCUT2D eigenvalue weighted by Crippen LogP contribution is -2.34. The molecule has 0 heterocycles. The second-order valence-corrected chi connectivity index (χ2v) is 4.40. The van der Waals surface area contributed by atoms with E-state index in [9.17, 15) is 22.7 Å². The van der Waals surface area contributed by atoms with Gasteiger partial charge in [-0.15, -0.1) is 0 Å². The molecule has 0 saturated heterocycles.